The predicted octanol–water partition coefficient (Wildman–Crippen LogP) is 2.80. The summed E-state index contributed by atoms with van der Waals surface area (Å²) in [6, 6.07) is 7.77. The maximum absolute atomic E-state index is 6.15. The lowest BCUT2D eigenvalue weighted by Gasteiger charge is -2.09. The smallest absolute Gasteiger partial charge is 0.131 e. The summed E-state index contributed by atoms with van der Waals surface area (Å²) in [5, 5.41) is 0. The van der Waals surface area contributed by atoms with Gasteiger partial charge in [-0.2, -0.15) is 0 Å². The molecule has 0 aliphatic heterocycles. The van der Waals surface area contributed by atoms with Gasteiger partial charge in [0.2, 0.25) is 0 Å². The van der Waals surface area contributed by atoms with Crippen LogP contribution in [0.3, 0.4) is 0 Å². The van der Waals surface area contributed by atoms with Crippen molar-refractivity contribution in [1.29, 1.82) is 0 Å². The number of imidazole rings is 1. The molecular weight excluding hydrogens is 226 g/mol. The standard InChI is InChI=1S/C14H19N3O/c1-10(2)8-17-9-16-13(14(17)15)11-6-4-5-7-12(11)18-3/h4-7,9-10H,8,15H2,1-3H3. The third-order valence-corrected chi connectivity index (χ3v) is 2.80. The van der Waals surface area contributed by atoms with Crippen molar-refractivity contribution in [3.05, 3.63) is 30.6 Å². The first-order chi connectivity index (χ1) is 8.63. The molecule has 1 aromatic carbocycles. The minimum atomic E-state index is 0.534. The Balaban J connectivity index is 2.42. The third-order valence-electron chi connectivity index (χ3n) is 2.80. The van der Waals surface area contributed by atoms with E-state index in [1.807, 2.05) is 28.8 Å². The number of aromatic nitrogens is 2. The molecule has 0 atom stereocenters. The van der Waals surface area contributed by atoms with E-state index < -0.39 is 0 Å². The van der Waals surface area contributed by atoms with Crippen LogP contribution in [0.1, 0.15) is 13.8 Å². The SMILES string of the molecule is COc1ccccc1-c1ncn(CC(C)C)c1N. The molecule has 1 heterocycles. The van der Waals surface area contributed by atoms with E-state index in [9.17, 15) is 0 Å². The average molecular weight is 245 g/mol. The largest absolute Gasteiger partial charge is 0.496 e. The molecule has 2 aromatic rings. The second-order valence-electron chi connectivity index (χ2n) is 4.72. The number of hydrogen-bond donors (Lipinski definition) is 1. The van der Waals surface area contributed by atoms with Crippen LogP contribution in [0, 0.1) is 5.92 Å². The van der Waals surface area contributed by atoms with Crippen LogP contribution in [0.4, 0.5) is 5.82 Å². The second kappa shape index (κ2) is 5.12. The van der Waals surface area contributed by atoms with Gasteiger partial charge < -0.3 is 15.0 Å². The zero-order valence-electron chi connectivity index (χ0n) is 11.1. The number of nitrogens with two attached hydrogens (primary N) is 1. The van der Waals surface area contributed by atoms with E-state index in [2.05, 4.69) is 18.8 Å². The van der Waals surface area contributed by atoms with Crippen molar-refractivity contribution in [1.82, 2.24) is 9.55 Å². The fourth-order valence-corrected chi connectivity index (χ4v) is 1.98. The zero-order valence-corrected chi connectivity index (χ0v) is 11.1. The van der Waals surface area contributed by atoms with Crippen molar-refractivity contribution in [2.75, 3.05) is 12.8 Å². The Kier molecular flexibility index (Phi) is 3.55. The fraction of sp³-hybridized carbons (Fsp3) is 0.357. The average Bonchev–Trinajstić information content (AvgIpc) is 2.70. The maximum atomic E-state index is 6.15. The topological polar surface area (TPSA) is 53.1 Å². The highest BCUT2D eigenvalue weighted by Gasteiger charge is 2.14. The van der Waals surface area contributed by atoms with Gasteiger partial charge in [0, 0.05) is 12.1 Å². The minimum absolute atomic E-state index is 0.534. The van der Waals surface area contributed by atoms with Crippen LogP contribution in [-0.2, 0) is 6.54 Å². The molecule has 18 heavy (non-hydrogen) atoms. The number of para-hydroxylation sites is 1. The molecule has 0 fully saturated rings. The number of rotatable bonds is 4. The van der Waals surface area contributed by atoms with Crippen molar-refractivity contribution in [3.63, 3.8) is 0 Å². The Morgan fingerprint density at radius 3 is 2.72 bits per heavy atom. The molecule has 0 aliphatic rings. The van der Waals surface area contributed by atoms with Crippen LogP contribution in [0.2, 0.25) is 0 Å². The summed E-state index contributed by atoms with van der Waals surface area (Å²) in [4.78, 5) is 4.41. The van der Waals surface area contributed by atoms with E-state index in [1.54, 1.807) is 13.4 Å². The van der Waals surface area contributed by atoms with Crippen molar-refractivity contribution in [3.8, 4) is 17.0 Å². The molecular formula is C14H19N3O. The summed E-state index contributed by atoms with van der Waals surface area (Å²) in [5.41, 5.74) is 7.87. The lowest BCUT2D eigenvalue weighted by atomic mass is 10.1. The van der Waals surface area contributed by atoms with Gasteiger partial charge in [0.05, 0.1) is 13.4 Å². The predicted molar refractivity (Wildman–Crippen MR) is 73.5 cm³/mol. The monoisotopic (exact) mass is 245 g/mol. The molecule has 96 valence electrons. The molecule has 2 rings (SSSR count). The van der Waals surface area contributed by atoms with Crippen LogP contribution < -0.4 is 10.5 Å². The van der Waals surface area contributed by atoms with Gasteiger partial charge in [0.15, 0.2) is 0 Å². The van der Waals surface area contributed by atoms with Crippen LogP contribution in [0.25, 0.3) is 11.3 Å². The summed E-state index contributed by atoms with van der Waals surface area (Å²) in [5.74, 6) is 2.01. The van der Waals surface area contributed by atoms with Gasteiger partial charge in [0.1, 0.15) is 17.3 Å². The van der Waals surface area contributed by atoms with E-state index in [0.717, 1.165) is 23.6 Å². The van der Waals surface area contributed by atoms with Crippen LogP contribution >= 0.6 is 0 Å². The van der Waals surface area contributed by atoms with Gasteiger partial charge in [-0.25, -0.2) is 4.98 Å². The highest BCUT2D eigenvalue weighted by molar-refractivity contribution is 5.75. The second-order valence-corrected chi connectivity index (χ2v) is 4.72. The van der Waals surface area contributed by atoms with Crippen LogP contribution in [0.5, 0.6) is 5.75 Å². The number of ether oxygens (including phenoxy) is 1. The van der Waals surface area contributed by atoms with E-state index in [1.165, 1.54) is 0 Å². The van der Waals surface area contributed by atoms with E-state index >= 15 is 0 Å². The van der Waals surface area contributed by atoms with Crippen LogP contribution in [-0.4, -0.2) is 16.7 Å². The summed E-state index contributed by atoms with van der Waals surface area (Å²) in [6.45, 7) is 5.18. The van der Waals surface area contributed by atoms with Crippen LogP contribution in [0.15, 0.2) is 30.6 Å². The number of nitrogens with zero attached hydrogens (tertiary/aromatic N) is 2. The fourth-order valence-electron chi connectivity index (χ4n) is 1.98. The molecule has 0 unspecified atom stereocenters. The maximum Gasteiger partial charge on any atom is 0.131 e. The van der Waals surface area contributed by atoms with Gasteiger partial charge >= 0.3 is 0 Å². The summed E-state index contributed by atoms with van der Waals surface area (Å²) in [6.07, 6.45) is 1.79. The highest BCUT2D eigenvalue weighted by atomic mass is 16.5. The normalized spacial score (nSPS) is 10.9. The number of nitrogen functional groups attached to an aromatic ring is 1. The van der Waals surface area contributed by atoms with Crippen molar-refractivity contribution in [2.24, 2.45) is 5.92 Å². The van der Waals surface area contributed by atoms with Crippen molar-refractivity contribution >= 4 is 5.82 Å². The molecule has 0 saturated carbocycles. The lowest BCUT2D eigenvalue weighted by Crippen LogP contribution is -2.06. The molecule has 4 heteroatoms. The molecule has 0 spiro atoms. The molecule has 2 N–H and O–H groups in total. The van der Waals surface area contributed by atoms with Gasteiger partial charge in [-0.15, -0.1) is 0 Å². The van der Waals surface area contributed by atoms with Crippen molar-refractivity contribution < 1.29 is 4.74 Å². The minimum Gasteiger partial charge on any atom is -0.496 e. The van der Waals surface area contributed by atoms with E-state index in [4.69, 9.17) is 10.5 Å². The molecule has 0 aliphatic carbocycles. The molecule has 4 nitrogen and oxygen atoms in total. The summed E-state index contributed by atoms with van der Waals surface area (Å²) >= 11 is 0. The van der Waals surface area contributed by atoms with Gasteiger partial charge in [-0.3, -0.25) is 0 Å². The quantitative estimate of drug-likeness (QED) is 0.901. The van der Waals surface area contributed by atoms with E-state index in [-0.39, 0.29) is 0 Å². The first kappa shape index (κ1) is 12.5. The molecule has 0 radical (unpaired) electrons. The van der Waals surface area contributed by atoms with E-state index in [0.29, 0.717) is 11.7 Å². The highest BCUT2D eigenvalue weighted by Crippen LogP contribution is 2.32. The number of benzene rings is 1. The third kappa shape index (κ3) is 2.32. The Hall–Kier alpha value is -1.97. The Bertz CT molecular complexity index is 532. The Morgan fingerprint density at radius 1 is 1.33 bits per heavy atom. The first-order valence-electron chi connectivity index (χ1n) is 6.07. The first-order valence-corrected chi connectivity index (χ1v) is 6.07. The molecule has 0 saturated heterocycles. The van der Waals surface area contributed by atoms with Gasteiger partial charge in [-0.05, 0) is 18.1 Å². The Morgan fingerprint density at radius 2 is 2.06 bits per heavy atom. The van der Waals surface area contributed by atoms with Crippen molar-refractivity contribution in [2.45, 2.75) is 20.4 Å². The number of hydrogen-bond acceptors (Lipinski definition) is 3. The molecule has 0 bridgehead atoms. The summed E-state index contributed by atoms with van der Waals surface area (Å²) in [7, 11) is 1.65. The summed E-state index contributed by atoms with van der Waals surface area (Å²) < 4.78 is 7.32. The molecule has 1 aromatic heterocycles. The zero-order chi connectivity index (χ0) is 13.1. The van der Waals surface area contributed by atoms with Gasteiger partial charge in [0.25, 0.3) is 0 Å². The lowest BCUT2D eigenvalue weighted by molar-refractivity contribution is 0.416. The molecule has 0 amide bonds. The van der Waals surface area contributed by atoms with Gasteiger partial charge in [-0.1, -0.05) is 26.0 Å². The number of anilines is 1. The Labute approximate surface area is 107 Å². The number of methoxy groups -OCH3 is 1.